The van der Waals surface area contributed by atoms with E-state index in [9.17, 15) is 0 Å². The molecule has 3 rings (SSSR count). The SMILES string of the molecule is CCCCOc1ccc(-c2ccc([C@H]3CC[C@H](CCCCl)CC3)nn2)cc1. The van der Waals surface area contributed by atoms with E-state index in [0.717, 1.165) is 60.4 Å². The van der Waals surface area contributed by atoms with Gasteiger partial charge in [-0.1, -0.05) is 13.3 Å². The lowest BCUT2D eigenvalue weighted by Crippen LogP contribution is -2.14. The predicted molar refractivity (Wildman–Crippen MR) is 113 cm³/mol. The van der Waals surface area contributed by atoms with Crippen LogP contribution in [0.1, 0.15) is 69.9 Å². The largest absolute Gasteiger partial charge is 0.494 e. The average Bonchev–Trinajstić information content (AvgIpc) is 2.73. The fourth-order valence-electron chi connectivity index (χ4n) is 3.88. The van der Waals surface area contributed by atoms with Crippen molar-refractivity contribution in [3.8, 4) is 17.0 Å². The van der Waals surface area contributed by atoms with Gasteiger partial charge in [-0.05, 0) is 87.3 Å². The zero-order valence-corrected chi connectivity index (χ0v) is 17.1. The predicted octanol–water partition coefficient (Wildman–Crippen LogP) is 6.62. The van der Waals surface area contributed by atoms with Gasteiger partial charge < -0.3 is 4.74 Å². The monoisotopic (exact) mass is 386 g/mol. The van der Waals surface area contributed by atoms with E-state index in [1.165, 1.54) is 32.1 Å². The van der Waals surface area contributed by atoms with Gasteiger partial charge in [0.15, 0.2) is 0 Å². The van der Waals surface area contributed by atoms with Crippen LogP contribution in [0.2, 0.25) is 0 Å². The van der Waals surface area contributed by atoms with Crippen LogP contribution in [0.15, 0.2) is 36.4 Å². The minimum Gasteiger partial charge on any atom is -0.494 e. The zero-order chi connectivity index (χ0) is 18.9. The molecule has 1 aliphatic carbocycles. The number of alkyl halides is 1. The van der Waals surface area contributed by atoms with E-state index >= 15 is 0 Å². The number of halogens is 1. The van der Waals surface area contributed by atoms with Crippen molar-refractivity contribution in [2.75, 3.05) is 12.5 Å². The fraction of sp³-hybridized carbons (Fsp3) is 0.565. The Kier molecular flexibility index (Phi) is 7.94. The van der Waals surface area contributed by atoms with Gasteiger partial charge in [-0.2, -0.15) is 10.2 Å². The van der Waals surface area contributed by atoms with E-state index < -0.39 is 0 Å². The molecule has 1 fully saturated rings. The van der Waals surface area contributed by atoms with E-state index in [0.29, 0.717) is 5.92 Å². The molecule has 146 valence electrons. The van der Waals surface area contributed by atoms with Crippen molar-refractivity contribution in [2.45, 2.75) is 64.2 Å². The highest BCUT2D eigenvalue weighted by molar-refractivity contribution is 6.17. The van der Waals surface area contributed by atoms with Gasteiger partial charge in [-0.25, -0.2) is 0 Å². The number of hydrogen-bond donors (Lipinski definition) is 0. The normalized spacial score (nSPS) is 19.8. The number of rotatable bonds is 9. The first-order valence-corrected chi connectivity index (χ1v) is 11.0. The molecule has 0 amide bonds. The van der Waals surface area contributed by atoms with E-state index in [1.807, 2.05) is 12.1 Å². The molecule has 2 aromatic rings. The maximum absolute atomic E-state index is 5.82. The van der Waals surface area contributed by atoms with E-state index in [-0.39, 0.29) is 0 Å². The molecule has 27 heavy (non-hydrogen) atoms. The molecule has 1 aliphatic rings. The highest BCUT2D eigenvalue weighted by Crippen LogP contribution is 2.37. The van der Waals surface area contributed by atoms with Gasteiger partial charge in [0.2, 0.25) is 0 Å². The summed E-state index contributed by atoms with van der Waals surface area (Å²) in [5, 5.41) is 9.04. The van der Waals surface area contributed by atoms with Gasteiger partial charge in [-0.15, -0.1) is 11.6 Å². The number of ether oxygens (including phenoxy) is 1. The Hall–Kier alpha value is -1.61. The van der Waals surface area contributed by atoms with Gasteiger partial charge >= 0.3 is 0 Å². The molecule has 1 aromatic heterocycles. The van der Waals surface area contributed by atoms with Crippen LogP contribution < -0.4 is 4.74 Å². The molecule has 0 atom stereocenters. The maximum Gasteiger partial charge on any atom is 0.119 e. The van der Waals surface area contributed by atoms with Crippen LogP contribution in [-0.4, -0.2) is 22.7 Å². The highest BCUT2D eigenvalue weighted by atomic mass is 35.5. The van der Waals surface area contributed by atoms with Crippen LogP contribution >= 0.6 is 11.6 Å². The zero-order valence-electron chi connectivity index (χ0n) is 16.4. The Bertz CT molecular complexity index is 664. The fourth-order valence-corrected chi connectivity index (χ4v) is 4.04. The van der Waals surface area contributed by atoms with Crippen LogP contribution in [0.25, 0.3) is 11.3 Å². The molecule has 0 bridgehead atoms. The van der Waals surface area contributed by atoms with Crippen LogP contribution in [0.3, 0.4) is 0 Å². The first-order valence-electron chi connectivity index (χ1n) is 10.4. The Morgan fingerprint density at radius 2 is 1.74 bits per heavy atom. The number of nitrogens with zero attached hydrogens (tertiary/aromatic N) is 2. The molecule has 1 saturated carbocycles. The molecule has 3 nitrogen and oxygen atoms in total. The molecule has 0 saturated heterocycles. The molecule has 1 heterocycles. The van der Waals surface area contributed by atoms with Crippen LogP contribution in [-0.2, 0) is 0 Å². The summed E-state index contributed by atoms with van der Waals surface area (Å²) < 4.78 is 5.73. The second-order valence-corrected chi connectivity index (χ2v) is 8.00. The average molecular weight is 387 g/mol. The van der Waals surface area contributed by atoms with Gasteiger partial charge in [0.05, 0.1) is 18.0 Å². The summed E-state index contributed by atoms with van der Waals surface area (Å²) in [6, 6.07) is 12.4. The van der Waals surface area contributed by atoms with Crippen molar-refractivity contribution in [3.63, 3.8) is 0 Å². The van der Waals surface area contributed by atoms with Crippen LogP contribution in [0.5, 0.6) is 5.75 Å². The van der Waals surface area contributed by atoms with E-state index in [2.05, 4.69) is 41.4 Å². The lowest BCUT2D eigenvalue weighted by molar-refractivity contribution is 0.305. The number of benzene rings is 1. The van der Waals surface area contributed by atoms with Crippen molar-refractivity contribution in [2.24, 2.45) is 5.92 Å². The summed E-state index contributed by atoms with van der Waals surface area (Å²) in [7, 11) is 0. The Labute approximate surface area is 168 Å². The third kappa shape index (κ3) is 5.93. The van der Waals surface area contributed by atoms with Crippen molar-refractivity contribution in [1.82, 2.24) is 10.2 Å². The maximum atomic E-state index is 5.82. The van der Waals surface area contributed by atoms with Crippen molar-refractivity contribution in [1.29, 1.82) is 0 Å². The van der Waals surface area contributed by atoms with Crippen molar-refractivity contribution < 1.29 is 4.74 Å². The summed E-state index contributed by atoms with van der Waals surface area (Å²) in [5.41, 5.74) is 3.16. The van der Waals surface area contributed by atoms with Gasteiger partial charge in [0.1, 0.15) is 5.75 Å². The first kappa shape index (κ1) is 20.1. The Morgan fingerprint density at radius 1 is 0.963 bits per heavy atom. The Balaban J connectivity index is 1.54. The quantitative estimate of drug-likeness (QED) is 0.359. The van der Waals surface area contributed by atoms with E-state index in [4.69, 9.17) is 16.3 Å². The second-order valence-electron chi connectivity index (χ2n) is 7.62. The topological polar surface area (TPSA) is 35.0 Å². The summed E-state index contributed by atoms with van der Waals surface area (Å²) in [6.45, 7) is 2.94. The third-order valence-corrected chi connectivity index (χ3v) is 5.88. The second kappa shape index (κ2) is 10.7. The van der Waals surface area contributed by atoms with Crippen LogP contribution in [0, 0.1) is 5.92 Å². The van der Waals surface area contributed by atoms with E-state index in [1.54, 1.807) is 0 Å². The number of hydrogen-bond acceptors (Lipinski definition) is 3. The molecule has 1 aromatic carbocycles. The first-order chi connectivity index (χ1) is 13.3. The minimum atomic E-state index is 0.563. The number of aromatic nitrogens is 2. The molecular weight excluding hydrogens is 356 g/mol. The summed E-state index contributed by atoms with van der Waals surface area (Å²) in [5.74, 6) is 3.12. The molecule has 0 unspecified atom stereocenters. The molecule has 0 spiro atoms. The summed E-state index contributed by atoms with van der Waals surface area (Å²) >= 11 is 5.82. The van der Waals surface area contributed by atoms with Crippen molar-refractivity contribution in [3.05, 3.63) is 42.1 Å². The van der Waals surface area contributed by atoms with Gasteiger partial charge in [0, 0.05) is 17.4 Å². The summed E-state index contributed by atoms with van der Waals surface area (Å²) in [6.07, 6.45) is 9.70. The summed E-state index contributed by atoms with van der Waals surface area (Å²) in [4.78, 5) is 0. The third-order valence-electron chi connectivity index (χ3n) is 5.61. The van der Waals surface area contributed by atoms with Crippen molar-refractivity contribution >= 4 is 11.6 Å². The Morgan fingerprint density at radius 3 is 2.37 bits per heavy atom. The smallest absolute Gasteiger partial charge is 0.119 e. The van der Waals surface area contributed by atoms with Crippen LogP contribution in [0.4, 0.5) is 0 Å². The highest BCUT2D eigenvalue weighted by Gasteiger charge is 2.23. The van der Waals surface area contributed by atoms with Gasteiger partial charge in [-0.3, -0.25) is 0 Å². The molecule has 0 N–H and O–H groups in total. The minimum absolute atomic E-state index is 0.563. The molecule has 0 aliphatic heterocycles. The standard InChI is InChI=1S/C23H31ClN2O/c1-2-3-17-27-21-12-10-20(11-13-21)23-15-14-22(25-26-23)19-8-6-18(7-9-19)5-4-16-24/h10-15,18-19H,2-9,16-17H2,1H3/t18-,19-. The molecule has 4 heteroatoms. The van der Waals surface area contributed by atoms with Gasteiger partial charge in [0.25, 0.3) is 0 Å². The lowest BCUT2D eigenvalue weighted by atomic mass is 9.79. The lowest BCUT2D eigenvalue weighted by Gasteiger charge is -2.27. The molecular formula is C23H31ClN2O. The molecule has 0 radical (unpaired) electrons. The number of unbranched alkanes of at least 4 members (excludes halogenated alkanes) is 1.